The molecule has 25 heavy (non-hydrogen) atoms. The van der Waals surface area contributed by atoms with E-state index in [4.69, 9.17) is 4.74 Å². The van der Waals surface area contributed by atoms with Gasteiger partial charge in [0.2, 0.25) is 0 Å². The Balaban J connectivity index is 1.94. The normalized spacial score (nSPS) is 12.0. The summed E-state index contributed by atoms with van der Waals surface area (Å²) in [7, 11) is 0. The number of aryl methyl sites for hydroxylation is 2. The van der Waals surface area contributed by atoms with Gasteiger partial charge in [-0.05, 0) is 71.6 Å². The van der Waals surface area contributed by atoms with Gasteiger partial charge in [0, 0.05) is 10.5 Å². The van der Waals surface area contributed by atoms with Gasteiger partial charge in [0.25, 0.3) is 5.91 Å². The number of anilines is 1. The zero-order valence-corrected chi connectivity index (χ0v) is 16.0. The van der Waals surface area contributed by atoms with Gasteiger partial charge < -0.3 is 10.1 Å². The lowest BCUT2D eigenvalue weighted by molar-refractivity contribution is -0.148. The quantitative estimate of drug-likeness (QED) is 0.585. The van der Waals surface area contributed by atoms with Crippen LogP contribution in [0.2, 0.25) is 0 Å². The first-order valence-electron chi connectivity index (χ1n) is 7.88. The Kier molecular flexibility index (Phi) is 6.53. The van der Waals surface area contributed by atoms with E-state index in [1.807, 2.05) is 50.2 Å². The average Bonchev–Trinajstić information content (AvgIpc) is 2.56. The summed E-state index contributed by atoms with van der Waals surface area (Å²) in [5.41, 5.74) is 3.70. The fourth-order valence-electron chi connectivity index (χ4n) is 2.15. The molecule has 0 unspecified atom stereocenters. The molecule has 2 aromatic rings. The first kappa shape index (κ1) is 18.9. The van der Waals surface area contributed by atoms with Crippen molar-refractivity contribution in [2.45, 2.75) is 26.9 Å². The van der Waals surface area contributed by atoms with Crippen LogP contribution in [-0.2, 0) is 14.3 Å². The van der Waals surface area contributed by atoms with E-state index >= 15 is 0 Å². The molecule has 0 radical (unpaired) electrons. The minimum absolute atomic E-state index is 0.387. The third-order valence-corrected chi connectivity index (χ3v) is 4.29. The number of amides is 1. The van der Waals surface area contributed by atoms with Gasteiger partial charge in [-0.1, -0.05) is 30.3 Å². The molecular weight excluding hydrogens is 382 g/mol. The summed E-state index contributed by atoms with van der Waals surface area (Å²) >= 11 is 3.40. The van der Waals surface area contributed by atoms with Crippen molar-refractivity contribution in [3.63, 3.8) is 0 Å². The van der Waals surface area contributed by atoms with Gasteiger partial charge in [-0.3, -0.25) is 4.79 Å². The molecule has 0 spiro atoms. The highest BCUT2D eigenvalue weighted by Gasteiger charge is 2.17. The minimum Gasteiger partial charge on any atom is -0.449 e. The predicted molar refractivity (Wildman–Crippen MR) is 103 cm³/mol. The van der Waals surface area contributed by atoms with E-state index < -0.39 is 12.1 Å². The van der Waals surface area contributed by atoms with E-state index in [0.717, 1.165) is 21.2 Å². The van der Waals surface area contributed by atoms with Crippen molar-refractivity contribution in [2.24, 2.45) is 0 Å². The largest absolute Gasteiger partial charge is 0.449 e. The first-order chi connectivity index (χ1) is 11.9. The van der Waals surface area contributed by atoms with Crippen molar-refractivity contribution in [3.05, 3.63) is 69.7 Å². The van der Waals surface area contributed by atoms with E-state index in [2.05, 4.69) is 21.2 Å². The molecule has 0 aliphatic rings. The summed E-state index contributed by atoms with van der Waals surface area (Å²) in [6.45, 7) is 5.46. The maximum absolute atomic E-state index is 12.2. The van der Waals surface area contributed by atoms with Crippen molar-refractivity contribution >= 4 is 39.6 Å². The molecule has 0 bridgehead atoms. The predicted octanol–water partition coefficient (Wildman–Crippen LogP) is 4.65. The molecule has 1 N–H and O–H groups in total. The number of nitrogens with one attached hydrogen (secondary N) is 1. The van der Waals surface area contributed by atoms with Crippen LogP contribution in [0, 0.1) is 13.8 Å². The van der Waals surface area contributed by atoms with E-state index in [1.54, 1.807) is 12.1 Å². The summed E-state index contributed by atoms with van der Waals surface area (Å²) < 4.78 is 5.93. The topological polar surface area (TPSA) is 55.4 Å². The lowest BCUT2D eigenvalue weighted by atomic mass is 10.1. The van der Waals surface area contributed by atoms with E-state index in [0.29, 0.717) is 5.69 Å². The number of hydrogen-bond donors (Lipinski definition) is 1. The molecule has 0 aliphatic heterocycles. The van der Waals surface area contributed by atoms with Crippen molar-refractivity contribution in [2.75, 3.05) is 5.32 Å². The number of carbonyl (C=O) groups excluding carboxylic acids is 2. The van der Waals surface area contributed by atoms with Crippen LogP contribution in [-0.4, -0.2) is 18.0 Å². The standard InChI is InChI=1S/C20H20BrNO3/c1-13-8-10-18(17(21)12-13)22-20(24)15(3)25-19(23)11-9-16-7-5-4-6-14(16)2/h4-12,15H,1-3H3,(H,22,24)/b11-9+/t15-/m0/s1. The summed E-state index contributed by atoms with van der Waals surface area (Å²) in [5, 5.41) is 2.74. The molecule has 0 saturated heterocycles. The Bertz CT molecular complexity index is 814. The molecule has 1 atom stereocenters. The fourth-order valence-corrected chi connectivity index (χ4v) is 2.75. The molecule has 2 aromatic carbocycles. The molecule has 5 heteroatoms. The third kappa shape index (κ3) is 5.57. The van der Waals surface area contributed by atoms with E-state index in [1.165, 1.54) is 13.0 Å². The molecule has 0 heterocycles. The Hall–Kier alpha value is -2.40. The van der Waals surface area contributed by atoms with Crippen molar-refractivity contribution in [1.82, 2.24) is 0 Å². The lowest BCUT2D eigenvalue weighted by Gasteiger charge is -2.13. The van der Waals surface area contributed by atoms with Crippen LogP contribution in [0.3, 0.4) is 0 Å². The highest BCUT2D eigenvalue weighted by Crippen LogP contribution is 2.23. The van der Waals surface area contributed by atoms with Gasteiger partial charge in [0.15, 0.2) is 6.10 Å². The van der Waals surface area contributed by atoms with E-state index in [-0.39, 0.29) is 5.91 Å². The highest BCUT2D eigenvalue weighted by atomic mass is 79.9. The smallest absolute Gasteiger partial charge is 0.331 e. The SMILES string of the molecule is Cc1ccc(NC(=O)[C@H](C)OC(=O)/C=C/c2ccccc2C)c(Br)c1. The maximum Gasteiger partial charge on any atom is 0.331 e. The third-order valence-electron chi connectivity index (χ3n) is 3.63. The molecular formula is C20H20BrNO3. The van der Waals surface area contributed by atoms with Gasteiger partial charge in [-0.25, -0.2) is 4.79 Å². The number of esters is 1. The van der Waals surface area contributed by atoms with Crippen LogP contribution in [0.25, 0.3) is 6.08 Å². The van der Waals surface area contributed by atoms with E-state index in [9.17, 15) is 9.59 Å². The van der Waals surface area contributed by atoms with Crippen LogP contribution in [0.1, 0.15) is 23.6 Å². The molecule has 0 fully saturated rings. The van der Waals surface area contributed by atoms with Crippen LogP contribution in [0.15, 0.2) is 53.0 Å². The van der Waals surface area contributed by atoms with Crippen LogP contribution < -0.4 is 5.32 Å². The zero-order valence-electron chi connectivity index (χ0n) is 14.4. The van der Waals surface area contributed by atoms with Crippen molar-refractivity contribution in [1.29, 1.82) is 0 Å². The van der Waals surface area contributed by atoms with Gasteiger partial charge in [-0.15, -0.1) is 0 Å². The van der Waals surface area contributed by atoms with Crippen LogP contribution >= 0.6 is 15.9 Å². The Labute approximate surface area is 156 Å². The number of rotatable bonds is 5. The van der Waals surface area contributed by atoms with Gasteiger partial charge in [-0.2, -0.15) is 0 Å². The molecule has 0 aromatic heterocycles. The second kappa shape index (κ2) is 8.62. The highest BCUT2D eigenvalue weighted by molar-refractivity contribution is 9.10. The lowest BCUT2D eigenvalue weighted by Crippen LogP contribution is -2.29. The second-order valence-corrected chi connectivity index (χ2v) is 6.60. The molecule has 2 rings (SSSR count). The maximum atomic E-state index is 12.2. The number of hydrogen-bond acceptors (Lipinski definition) is 3. The van der Waals surface area contributed by atoms with Crippen LogP contribution in [0.5, 0.6) is 0 Å². The molecule has 0 aliphatic carbocycles. The minimum atomic E-state index is -0.901. The molecule has 130 valence electrons. The molecule has 0 saturated carbocycles. The number of ether oxygens (including phenoxy) is 1. The average molecular weight is 402 g/mol. The summed E-state index contributed by atoms with van der Waals surface area (Å²) in [6, 6.07) is 13.3. The Morgan fingerprint density at radius 1 is 1.16 bits per heavy atom. The first-order valence-corrected chi connectivity index (χ1v) is 8.67. The van der Waals surface area contributed by atoms with Crippen molar-refractivity contribution < 1.29 is 14.3 Å². The van der Waals surface area contributed by atoms with Crippen molar-refractivity contribution in [3.8, 4) is 0 Å². The second-order valence-electron chi connectivity index (χ2n) is 5.74. The Morgan fingerprint density at radius 3 is 2.56 bits per heavy atom. The summed E-state index contributed by atoms with van der Waals surface area (Å²) in [4.78, 5) is 24.1. The monoisotopic (exact) mass is 401 g/mol. The zero-order chi connectivity index (χ0) is 18.4. The van der Waals surface area contributed by atoms with Gasteiger partial charge >= 0.3 is 5.97 Å². The van der Waals surface area contributed by atoms with Gasteiger partial charge in [0.05, 0.1) is 5.69 Å². The number of benzene rings is 2. The Morgan fingerprint density at radius 2 is 1.88 bits per heavy atom. The van der Waals surface area contributed by atoms with Crippen LogP contribution in [0.4, 0.5) is 5.69 Å². The fraction of sp³-hybridized carbons (Fsp3) is 0.200. The summed E-state index contributed by atoms with van der Waals surface area (Å²) in [6.07, 6.45) is 2.11. The summed E-state index contributed by atoms with van der Waals surface area (Å²) in [5.74, 6) is -0.948. The molecule has 1 amide bonds. The van der Waals surface area contributed by atoms with Gasteiger partial charge in [0.1, 0.15) is 0 Å². The number of carbonyl (C=O) groups is 2. The number of halogens is 1. The molecule has 4 nitrogen and oxygen atoms in total.